The van der Waals surface area contributed by atoms with Crippen LogP contribution in [0.1, 0.15) is 36.6 Å². The molecule has 0 amide bonds. The van der Waals surface area contributed by atoms with Gasteiger partial charge in [0.15, 0.2) is 0 Å². The Balaban J connectivity index is 1.41. The molecule has 1 fully saturated rings. The van der Waals surface area contributed by atoms with Gasteiger partial charge >= 0.3 is 0 Å². The Bertz CT molecular complexity index is 1290. The summed E-state index contributed by atoms with van der Waals surface area (Å²) in [4.78, 5) is 11.6. The van der Waals surface area contributed by atoms with Crippen molar-refractivity contribution >= 4 is 52.8 Å². The highest BCUT2D eigenvalue weighted by Crippen LogP contribution is 2.38. The van der Waals surface area contributed by atoms with Gasteiger partial charge in [0.25, 0.3) is 0 Å². The zero-order valence-corrected chi connectivity index (χ0v) is 23.0. The number of ether oxygens (including phenoxy) is 1. The molecule has 0 atom stereocenters. The van der Waals surface area contributed by atoms with Crippen molar-refractivity contribution in [2.75, 3.05) is 23.6 Å². The third-order valence-corrected chi connectivity index (χ3v) is 9.20. The van der Waals surface area contributed by atoms with Crippen molar-refractivity contribution in [3.05, 3.63) is 59.7 Å². The van der Waals surface area contributed by atoms with Gasteiger partial charge in [0.2, 0.25) is 5.13 Å². The van der Waals surface area contributed by atoms with E-state index in [0.717, 1.165) is 51.0 Å². The molecule has 1 radical (unpaired) electrons. The van der Waals surface area contributed by atoms with Crippen LogP contribution < -0.4 is 10.2 Å². The van der Waals surface area contributed by atoms with Crippen LogP contribution in [-0.2, 0) is 4.74 Å². The molecule has 1 N–H and O–H groups in total. The fourth-order valence-electron chi connectivity index (χ4n) is 4.28. The van der Waals surface area contributed by atoms with Gasteiger partial charge in [-0.25, -0.2) is 4.98 Å². The van der Waals surface area contributed by atoms with Gasteiger partial charge in [-0.05, 0) is 55.3 Å². The van der Waals surface area contributed by atoms with Crippen LogP contribution in [0.4, 0.5) is 22.3 Å². The highest BCUT2D eigenvalue weighted by atomic mass is 32.1. The van der Waals surface area contributed by atoms with Crippen molar-refractivity contribution in [3.8, 4) is 0 Å². The molecule has 0 saturated heterocycles. The second-order valence-electron chi connectivity index (χ2n) is 10.5. The lowest BCUT2D eigenvalue weighted by Gasteiger charge is -2.22. The zero-order chi connectivity index (χ0) is 25.0. The van der Waals surface area contributed by atoms with Crippen LogP contribution in [0.5, 0.6) is 0 Å². The van der Waals surface area contributed by atoms with Gasteiger partial charge in [0, 0.05) is 26.3 Å². The fourth-order valence-corrected chi connectivity index (χ4v) is 6.04. The number of nitrogens with one attached hydrogen (secondary N) is 1. The number of fused-ring (bicyclic) bond motifs is 1. The number of rotatable bonds is 10. The molecule has 1 saturated carbocycles. The van der Waals surface area contributed by atoms with Gasteiger partial charge in [-0.3, -0.25) is 9.88 Å². The third kappa shape index (κ3) is 6.27. The number of aromatic nitrogens is 4. The Morgan fingerprint density at radius 2 is 1.86 bits per heavy atom. The maximum absolute atomic E-state index is 6.16. The lowest BCUT2D eigenvalue weighted by Crippen LogP contribution is -2.26. The van der Waals surface area contributed by atoms with Crippen LogP contribution in [-0.4, -0.2) is 41.6 Å². The monoisotopic (exact) mass is 517 g/mol. The molecule has 4 aromatic rings. The van der Waals surface area contributed by atoms with Crippen LogP contribution in [0, 0.1) is 6.07 Å². The molecule has 36 heavy (non-hydrogen) atoms. The van der Waals surface area contributed by atoms with E-state index in [0.29, 0.717) is 12.6 Å². The van der Waals surface area contributed by atoms with Crippen molar-refractivity contribution in [1.29, 1.82) is 0 Å². The van der Waals surface area contributed by atoms with Gasteiger partial charge in [0.05, 0.1) is 22.9 Å². The predicted octanol–water partition coefficient (Wildman–Crippen LogP) is 7.13. The third-order valence-electron chi connectivity index (χ3n) is 6.39. The molecule has 1 aromatic carbocycles. The maximum Gasteiger partial charge on any atom is 0.215 e. The Morgan fingerprint density at radius 1 is 1.06 bits per heavy atom. The predicted molar refractivity (Wildman–Crippen MR) is 150 cm³/mol. The van der Waals surface area contributed by atoms with Gasteiger partial charge in [-0.15, -0.1) is 10.2 Å². The maximum atomic E-state index is 6.16. The van der Waals surface area contributed by atoms with E-state index in [1.165, 1.54) is 25.7 Å². The first-order chi connectivity index (χ1) is 17.4. The molecule has 5 rings (SSSR count). The number of nitrogens with zero attached hydrogens (tertiary/aromatic N) is 5. The SMILES string of the molecule is C[Si](C)(C)CCOCN(c1ccc2ncc(Nc3cc[c]cc3)cc2n1)c1nnc(C2CCCC2)s1. The quantitative estimate of drug-likeness (QED) is 0.136. The summed E-state index contributed by atoms with van der Waals surface area (Å²) in [6.07, 6.45) is 6.79. The normalized spacial score (nSPS) is 14.4. The number of pyridine rings is 2. The first-order valence-electron chi connectivity index (χ1n) is 12.6. The molecule has 9 heteroatoms. The van der Waals surface area contributed by atoms with Crippen LogP contribution in [0.3, 0.4) is 0 Å². The summed E-state index contributed by atoms with van der Waals surface area (Å²) in [6, 6.07) is 17.9. The summed E-state index contributed by atoms with van der Waals surface area (Å²) in [5.41, 5.74) is 3.52. The standard InChI is InChI=1S/C27H33N6OSSi/c1-36(2,3)16-15-34-19-33(27-32-31-26(35-27)20-9-7-8-10-20)25-14-13-23-24(30-25)17-22(18-28-23)29-21-11-5-4-6-12-21/h5-6,11-14,17-18,20,29H,7-10,15-16,19H2,1-3H3. The van der Waals surface area contributed by atoms with Crippen molar-refractivity contribution in [2.24, 2.45) is 0 Å². The summed E-state index contributed by atoms with van der Waals surface area (Å²) in [5.74, 6) is 1.32. The van der Waals surface area contributed by atoms with Crippen molar-refractivity contribution in [1.82, 2.24) is 20.2 Å². The average Bonchev–Trinajstić information content (AvgIpc) is 3.56. The Labute approximate surface area is 218 Å². The molecule has 0 bridgehead atoms. The fraction of sp³-hybridized carbons (Fsp3) is 0.407. The minimum atomic E-state index is -1.18. The van der Waals surface area contributed by atoms with E-state index in [9.17, 15) is 0 Å². The van der Waals surface area contributed by atoms with Crippen LogP contribution in [0.15, 0.2) is 48.7 Å². The van der Waals surface area contributed by atoms with Crippen LogP contribution in [0.2, 0.25) is 25.7 Å². The van der Waals surface area contributed by atoms with E-state index in [1.807, 2.05) is 53.6 Å². The van der Waals surface area contributed by atoms with E-state index in [1.54, 1.807) is 11.3 Å². The number of benzene rings is 1. The molecule has 1 aliphatic rings. The van der Waals surface area contributed by atoms with E-state index in [4.69, 9.17) is 9.72 Å². The lowest BCUT2D eigenvalue weighted by molar-refractivity contribution is 0.153. The van der Waals surface area contributed by atoms with Crippen molar-refractivity contribution in [2.45, 2.75) is 57.3 Å². The van der Waals surface area contributed by atoms with Gasteiger partial charge < -0.3 is 10.1 Å². The van der Waals surface area contributed by atoms with Gasteiger partial charge in [-0.2, -0.15) is 0 Å². The summed E-state index contributed by atoms with van der Waals surface area (Å²) in [5, 5.41) is 14.5. The summed E-state index contributed by atoms with van der Waals surface area (Å²) in [7, 11) is -1.18. The van der Waals surface area contributed by atoms with Crippen LogP contribution >= 0.6 is 11.3 Å². The minimum absolute atomic E-state index is 0.397. The summed E-state index contributed by atoms with van der Waals surface area (Å²) < 4.78 is 6.16. The first-order valence-corrected chi connectivity index (χ1v) is 17.2. The second-order valence-corrected chi connectivity index (χ2v) is 17.1. The average molecular weight is 518 g/mol. The highest BCUT2D eigenvalue weighted by Gasteiger charge is 2.24. The molecular formula is C27H33N6OSSi. The van der Waals surface area contributed by atoms with Gasteiger partial charge in [0.1, 0.15) is 17.6 Å². The van der Waals surface area contributed by atoms with Crippen molar-refractivity contribution < 1.29 is 4.74 Å². The van der Waals surface area contributed by atoms with Gasteiger partial charge in [-0.1, -0.05) is 56.0 Å². The van der Waals surface area contributed by atoms with E-state index in [-0.39, 0.29) is 0 Å². The molecule has 0 spiro atoms. The van der Waals surface area contributed by atoms with Crippen LogP contribution in [0.25, 0.3) is 11.0 Å². The second kappa shape index (κ2) is 11.0. The Hall–Kier alpha value is -2.88. The summed E-state index contributed by atoms with van der Waals surface area (Å²) >= 11 is 1.67. The lowest BCUT2D eigenvalue weighted by atomic mass is 10.1. The molecule has 0 aliphatic heterocycles. The largest absolute Gasteiger partial charge is 0.361 e. The van der Waals surface area contributed by atoms with E-state index in [2.05, 4.69) is 46.2 Å². The first kappa shape index (κ1) is 24.8. The van der Waals surface area contributed by atoms with E-state index < -0.39 is 8.07 Å². The smallest absolute Gasteiger partial charge is 0.215 e. The number of hydrogen-bond acceptors (Lipinski definition) is 8. The molecule has 3 heterocycles. The number of hydrogen-bond donors (Lipinski definition) is 1. The highest BCUT2D eigenvalue weighted by molar-refractivity contribution is 7.15. The summed E-state index contributed by atoms with van der Waals surface area (Å²) in [6.45, 7) is 8.23. The van der Waals surface area contributed by atoms with E-state index >= 15 is 0 Å². The Morgan fingerprint density at radius 3 is 2.64 bits per heavy atom. The Kier molecular flexibility index (Phi) is 7.59. The topological polar surface area (TPSA) is 76.1 Å². The molecule has 3 aromatic heterocycles. The number of anilines is 4. The van der Waals surface area contributed by atoms with Crippen molar-refractivity contribution in [3.63, 3.8) is 0 Å². The molecular weight excluding hydrogens is 484 g/mol. The molecule has 0 unspecified atom stereocenters. The molecule has 1 aliphatic carbocycles. The molecule has 7 nitrogen and oxygen atoms in total. The molecule has 187 valence electrons. The zero-order valence-electron chi connectivity index (χ0n) is 21.2. The minimum Gasteiger partial charge on any atom is -0.361 e.